The molecule has 0 bridgehead atoms. The maximum Gasteiger partial charge on any atom is 0.241 e. The van der Waals surface area contributed by atoms with Crippen LogP contribution in [-0.4, -0.2) is 29.0 Å². The highest BCUT2D eigenvalue weighted by Crippen LogP contribution is 2.58. The van der Waals surface area contributed by atoms with Gasteiger partial charge in [-0.15, -0.1) is 0 Å². The van der Waals surface area contributed by atoms with Crippen molar-refractivity contribution in [1.82, 2.24) is 0 Å². The lowest BCUT2D eigenvalue weighted by Crippen LogP contribution is -2.51. The molecule has 2 fully saturated rings. The van der Waals surface area contributed by atoms with Gasteiger partial charge in [-0.25, -0.2) is 4.90 Å². The standard InChI is InChI=1S/C26H16ClNO5/c27-17-12-6-7-13-18(17)28-24(31)19-20(25(28)32)26(33-21(19)14-8-2-1-3-9-14)22(29)15-10-4-5-11-16(15)23(26)30/h1-13,19-21H/t19-,20+,21-/m1/s1. The predicted molar refractivity (Wildman–Crippen MR) is 119 cm³/mol. The Bertz CT molecular complexity index is 1330. The van der Waals surface area contributed by atoms with Crippen molar-refractivity contribution in [3.8, 4) is 0 Å². The normalized spacial score (nSPS) is 25.1. The van der Waals surface area contributed by atoms with Crippen LogP contribution in [0, 0.1) is 11.8 Å². The van der Waals surface area contributed by atoms with Gasteiger partial charge in [-0.05, 0) is 17.7 Å². The van der Waals surface area contributed by atoms with Gasteiger partial charge in [0.1, 0.15) is 0 Å². The fourth-order valence-corrected chi connectivity index (χ4v) is 5.55. The Hall–Kier alpha value is -3.61. The number of hydrogen-bond donors (Lipinski definition) is 0. The van der Waals surface area contributed by atoms with Gasteiger partial charge in [0, 0.05) is 11.1 Å². The number of fused-ring (bicyclic) bond motifs is 3. The SMILES string of the molecule is O=C1[C@H]2[C@@H](c3ccccc3)OC3(C(=O)c4ccccc4C3=O)[C@@H]2C(=O)N1c1ccccc1Cl. The van der Waals surface area contributed by atoms with E-state index < -0.39 is 46.9 Å². The van der Waals surface area contributed by atoms with Crippen LogP contribution in [0.4, 0.5) is 5.69 Å². The summed E-state index contributed by atoms with van der Waals surface area (Å²) < 4.78 is 6.22. The Labute approximate surface area is 193 Å². The number of imide groups is 1. The van der Waals surface area contributed by atoms with Gasteiger partial charge in [0.05, 0.1) is 28.6 Å². The second kappa shape index (κ2) is 6.94. The third-order valence-corrected chi connectivity index (χ3v) is 7.06. The molecule has 2 amide bonds. The van der Waals surface area contributed by atoms with Gasteiger partial charge >= 0.3 is 0 Å². The molecule has 1 aliphatic carbocycles. The molecule has 2 heterocycles. The Morgan fingerprint density at radius 1 is 0.727 bits per heavy atom. The molecule has 3 aliphatic rings. The summed E-state index contributed by atoms with van der Waals surface area (Å²) >= 11 is 6.32. The first kappa shape index (κ1) is 20.0. The number of amides is 2. The van der Waals surface area contributed by atoms with Crippen molar-refractivity contribution in [2.24, 2.45) is 11.8 Å². The number of benzene rings is 3. The van der Waals surface area contributed by atoms with Crippen molar-refractivity contribution in [1.29, 1.82) is 0 Å². The average molecular weight is 458 g/mol. The van der Waals surface area contributed by atoms with E-state index in [1.165, 1.54) is 0 Å². The Morgan fingerprint density at radius 3 is 1.94 bits per heavy atom. The topological polar surface area (TPSA) is 80.8 Å². The number of hydrogen-bond acceptors (Lipinski definition) is 5. The predicted octanol–water partition coefficient (Wildman–Crippen LogP) is 4.04. The fourth-order valence-electron chi connectivity index (χ4n) is 5.33. The smallest absolute Gasteiger partial charge is 0.241 e. The number of carbonyl (C=O) groups is 4. The average Bonchev–Trinajstić information content (AvgIpc) is 3.40. The van der Waals surface area contributed by atoms with Crippen molar-refractivity contribution in [2.75, 3.05) is 4.90 Å². The van der Waals surface area contributed by atoms with Crippen LogP contribution >= 0.6 is 11.6 Å². The van der Waals surface area contributed by atoms with Gasteiger partial charge < -0.3 is 4.74 Å². The number of anilines is 1. The summed E-state index contributed by atoms with van der Waals surface area (Å²) in [5.41, 5.74) is -0.848. The minimum Gasteiger partial charge on any atom is -0.349 e. The van der Waals surface area contributed by atoms with E-state index in [-0.39, 0.29) is 21.8 Å². The van der Waals surface area contributed by atoms with Crippen LogP contribution in [0.3, 0.4) is 0 Å². The molecule has 2 aliphatic heterocycles. The molecule has 3 atom stereocenters. The Morgan fingerprint density at radius 2 is 1.30 bits per heavy atom. The van der Waals surface area contributed by atoms with E-state index in [0.29, 0.717) is 5.56 Å². The van der Waals surface area contributed by atoms with Gasteiger partial charge in [0.2, 0.25) is 29.0 Å². The molecule has 7 heteroatoms. The zero-order valence-corrected chi connectivity index (χ0v) is 17.9. The lowest BCUT2D eigenvalue weighted by molar-refractivity contribution is -0.127. The first-order chi connectivity index (χ1) is 16.0. The molecule has 0 aromatic heterocycles. The summed E-state index contributed by atoms with van der Waals surface area (Å²) in [7, 11) is 0. The third kappa shape index (κ3) is 2.47. The van der Waals surface area contributed by atoms with Gasteiger partial charge in [0.15, 0.2) is 0 Å². The number of Topliss-reactive ketones (excluding diaryl/α,β-unsaturated/α-hetero) is 2. The molecule has 0 saturated carbocycles. The minimum atomic E-state index is -2.09. The summed E-state index contributed by atoms with van der Waals surface area (Å²) in [6, 6.07) is 21.8. The van der Waals surface area contributed by atoms with E-state index in [2.05, 4.69) is 0 Å². The molecule has 0 radical (unpaired) electrons. The molecule has 0 unspecified atom stereocenters. The highest BCUT2D eigenvalue weighted by Gasteiger charge is 2.74. The van der Waals surface area contributed by atoms with Crippen LogP contribution in [0.2, 0.25) is 5.02 Å². The molecule has 6 rings (SSSR count). The lowest BCUT2D eigenvalue weighted by Gasteiger charge is -2.27. The van der Waals surface area contributed by atoms with Crippen LogP contribution in [-0.2, 0) is 14.3 Å². The molecule has 3 aromatic carbocycles. The van der Waals surface area contributed by atoms with Crippen molar-refractivity contribution in [2.45, 2.75) is 11.7 Å². The quantitative estimate of drug-likeness (QED) is 0.428. The molecule has 33 heavy (non-hydrogen) atoms. The fraction of sp³-hybridized carbons (Fsp3) is 0.154. The first-order valence-electron chi connectivity index (χ1n) is 10.5. The van der Waals surface area contributed by atoms with Crippen LogP contribution in [0.25, 0.3) is 0 Å². The Balaban J connectivity index is 1.57. The highest BCUT2D eigenvalue weighted by molar-refractivity contribution is 6.39. The Kier molecular flexibility index (Phi) is 4.21. The molecule has 0 N–H and O–H groups in total. The number of ether oxygens (including phenoxy) is 1. The first-order valence-corrected chi connectivity index (χ1v) is 10.9. The summed E-state index contributed by atoms with van der Waals surface area (Å²) in [6.07, 6.45) is -0.942. The molecular weight excluding hydrogens is 442 g/mol. The number of rotatable bonds is 2. The van der Waals surface area contributed by atoms with Gasteiger partial charge in [-0.2, -0.15) is 0 Å². The molecule has 1 spiro atoms. The van der Waals surface area contributed by atoms with E-state index in [1.807, 2.05) is 6.07 Å². The zero-order valence-electron chi connectivity index (χ0n) is 17.1. The van der Waals surface area contributed by atoms with E-state index in [1.54, 1.807) is 72.8 Å². The summed E-state index contributed by atoms with van der Waals surface area (Å²) in [6.45, 7) is 0. The summed E-state index contributed by atoms with van der Waals surface area (Å²) in [5.74, 6) is -4.71. The third-order valence-electron chi connectivity index (χ3n) is 6.74. The van der Waals surface area contributed by atoms with Crippen molar-refractivity contribution in [3.05, 3.63) is 101 Å². The number of nitrogens with zero attached hydrogens (tertiary/aromatic N) is 1. The molecule has 3 aromatic rings. The minimum absolute atomic E-state index is 0.200. The van der Waals surface area contributed by atoms with E-state index >= 15 is 0 Å². The second-order valence-corrected chi connectivity index (χ2v) is 8.76. The van der Waals surface area contributed by atoms with Gasteiger partial charge in [0.25, 0.3) is 0 Å². The van der Waals surface area contributed by atoms with E-state index in [4.69, 9.17) is 16.3 Å². The maximum atomic E-state index is 13.8. The highest BCUT2D eigenvalue weighted by atomic mass is 35.5. The largest absolute Gasteiger partial charge is 0.349 e. The molecule has 162 valence electrons. The van der Waals surface area contributed by atoms with Crippen LogP contribution in [0.15, 0.2) is 78.9 Å². The molecule has 2 saturated heterocycles. The van der Waals surface area contributed by atoms with Crippen LogP contribution in [0.5, 0.6) is 0 Å². The zero-order chi connectivity index (χ0) is 22.9. The molecule has 6 nitrogen and oxygen atoms in total. The number of carbonyl (C=O) groups excluding carboxylic acids is 4. The van der Waals surface area contributed by atoms with E-state index in [9.17, 15) is 19.2 Å². The lowest BCUT2D eigenvalue weighted by atomic mass is 9.77. The van der Waals surface area contributed by atoms with Crippen LogP contribution in [0.1, 0.15) is 32.4 Å². The van der Waals surface area contributed by atoms with Crippen LogP contribution < -0.4 is 4.90 Å². The second-order valence-electron chi connectivity index (χ2n) is 8.36. The number of para-hydroxylation sites is 1. The molecular formula is C26H16ClNO5. The maximum absolute atomic E-state index is 13.8. The summed E-state index contributed by atoms with van der Waals surface area (Å²) in [4.78, 5) is 55.8. The van der Waals surface area contributed by atoms with Crippen molar-refractivity contribution >= 4 is 40.7 Å². The van der Waals surface area contributed by atoms with Gasteiger partial charge in [-0.3, -0.25) is 19.2 Å². The van der Waals surface area contributed by atoms with Gasteiger partial charge in [-0.1, -0.05) is 78.3 Å². The van der Waals surface area contributed by atoms with E-state index in [0.717, 1.165) is 4.90 Å². The van der Waals surface area contributed by atoms with Crippen molar-refractivity contribution < 1.29 is 23.9 Å². The monoisotopic (exact) mass is 457 g/mol. The van der Waals surface area contributed by atoms with Crippen molar-refractivity contribution in [3.63, 3.8) is 0 Å². The summed E-state index contributed by atoms with van der Waals surface area (Å²) in [5, 5.41) is 0.220. The number of halogens is 1. The number of ketones is 2.